The van der Waals surface area contributed by atoms with Gasteiger partial charge in [0.05, 0.1) is 11.1 Å². The Kier molecular flexibility index (Phi) is 6.51. The first-order chi connectivity index (χ1) is 17.8. The van der Waals surface area contributed by atoms with Crippen molar-refractivity contribution >= 4 is 34.4 Å². The Bertz CT molecular complexity index is 1640. The second-order valence-electron chi connectivity index (χ2n) is 8.78. The van der Waals surface area contributed by atoms with Crippen molar-refractivity contribution in [3.8, 4) is 17.0 Å². The van der Waals surface area contributed by atoms with Crippen LogP contribution >= 0.6 is 11.6 Å². The molecule has 0 aliphatic carbocycles. The summed E-state index contributed by atoms with van der Waals surface area (Å²) in [5.74, 6) is -0.988. The van der Waals surface area contributed by atoms with Gasteiger partial charge >= 0.3 is 5.97 Å². The molecule has 184 valence electrons. The number of carbonyl (C=O) groups is 2. The highest BCUT2D eigenvalue weighted by Gasteiger charge is 2.23. The second kappa shape index (κ2) is 9.91. The third-order valence-corrected chi connectivity index (χ3v) is 6.49. The van der Waals surface area contributed by atoms with Gasteiger partial charge in [-0.1, -0.05) is 60.1 Å². The molecule has 1 heterocycles. The molecule has 0 unspecified atom stereocenters. The molecule has 0 saturated heterocycles. The number of hydrogen-bond acceptors (Lipinski definition) is 4. The summed E-state index contributed by atoms with van der Waals surface area (Å²) in [7, 11) is 0. The average Bonchev–Trinajstić information content (AvgIpc) is 3.26. The van der Waals surface area contributed by atoms with E-state index in [1.807, 2.05) is 62.4 Å². The molecule has 5 aromatic rings. The number of nitrogens with zero attached hydrogens (tertiary/aromatic N) is 2. The van der Waals surface area contributed by atoms with Gasteiger partial charge in [-0.3, -0.25) is 4.79 Å². The summed E-state index contributed by atoms with van der Waals surface area (Å²) in [6.07, 6.45) is 0. The van der Waals surface area contributed by atoms with Crippen LogP contribution in [-0.2, 0) is 6.61 Å². The Morgan fingerprint density at radius 3 is 2.35 bits per heavy atom. The molecule has 5 rings (SSSR count). The zero-order valence-electron chi connectivity index (χ0n) is 20.2. The number of carbonyl (C=O) groups excluding carboxylic acids is 1. The monoisotopic (exact) mass is 510 g/mol. The quantitative estimate of drug-likeness (QED) is 0.267. The van der Waals surface area contributed by atoms with Crippen molar-refractivity contribution in [3.05, 3.63) is 118 Å². The number of carboxylic acids is 1. The van der Waals surface area contributed by atoms with Crippen molar-refractivity contribution in [3.63, 3.8) is 0 Å². The lowest BCUT2D eigenvalue weighted by atomic mass is 10.0. The predicted octanol–water partition coefficient (Wildman–Crippen LogP) is 6.94. The lowest BCUT2D eigenvalue weighted by Gasteiger charge is -2.12. The number of benzene rings is 4. The first-order valence-electron chi connectivity index (χ1n) is 11.7. The van der Waals surface area contributed by atoms with Gasteiger partial charge in [-0.25, -0.2) is 4.79 Å². The van der Waals surface area contributed by atoms with Crippen molar-refractivity contribution in [2.75, 3.05) is 0 Å². The van der Waals surface area contributed by atoms with Crippen molar-refractivity contribution in [2.24, 2.45) is 0 Å². The van der Waals surface area contributed by atoms with Gasteiger partial charge < -0.3 is 9.84 Å². The summed E-state index contributed by atoms with van der Waals surface area (Å²) in [5.41, 5.74) is 4.90. The largest absolute Gasteiger partial charge is 0.488 e. The molecular weight excluding hydrogens is 488 g/mol. The van der Waals surface area contributed by atoms with Crippen LogP contribution in [0.3, 0.4) is 0 Å². The number of carboxylic acid groups (broad SMARTS) is 1. The van der Waals surface area contributed by atoms with Crippen LogP contribution in [0.25, 0.3) is 22.2 Å². The number of aromatic nitrogens is 2. The SMILES string of the molecule is Cc1cccc(C)c1C(=O)n1nc(-c2ccc(C(=O)O)cc2OCc2ccccc2)c2cc(Cl)ccc21. The van der Waals surface area contributed by atoms with Crippen molar-refractivity contribution in [2.45, 2.75) is 20.5 Å². The summed E-state index contributed by atoms with van der Waals surface area (Å²) in [4.78, 5) is 25.4. The molecule has 0 aliphatic rings. The maximum atomic E-state index is 13.7. The van der Waals surface area contributed by atoms with E-state index in [2.05, 4.69) is 0 Å². The number of rotatable bonds is 6. The number of aryl methyl sites for hydroxylation is 2. The molecule has 0 spiro atoms. The molecule has 4 aromatic carbocycles. The molecule has 0 bridgehead atoms. The van der Waals surface area contributed by atoms with E-state index < -0.39 is 5.97 Å². The zero-order chi connectivity index (χ0) is 26.1. The highest BCUT2D eigenvalue weighted by atomic mass is 35.5. The van der Waals surface area contributed by atoms with Crippen LogP contribution in [0, 0.1) is 13.8 Å². The van der Waals surface area contributed by atoms with Gasteiger partial charge in [-0.15, -0.1) is 0 Å². The molecule has 0 saturated carbocycles. The van der Waals surface area contributed by atoms with Gasteiger partial charge in [-0.2, -0.15) is 9.78 Å². The Labute approximate surface area is 218 Å². The second-order valence-corrected chi connectivity index (χ2v) is 9.22. The third-order valence-electron chi connectivity index (χ3n) is 6.25. The summed E-state index contributed by atoms with van der Waals surface area (Å²) in [6.45, 7) is 4.02. The van der Waals surface area contributed by atoms with E-state index in [9.17, 15) is 14.7 Å². The number of fused-ring (bicyclic) bond motifs is 1. The minimum Gasteiger partial charge on any atom is -0.488 e. The van der Waals surface area contributed by atoms with Gasteiger partial charge in [0.2, 0.25) is 0 Å². The number of aromatic carboxylic acids is 1. The van der Waals surface area contributed by atoms with Crippen LogP contribution < -0.4 is 4.74 Å². The molecule has 1 aromatic heterocycles. The van der Waals surface area contributed by atoms with Crippen LogP contribution in [0.1, 0.15) is 37.4 Å². The van der Waals surface area contributed by atoms with E-state index in [-0.39, 0.29) is 18.1 Å². The molecule has 0 aliphatic heterocycles. The fourth-order valence-electron chi connectivity index (χ4n) is 4.41. The van der Waals surface area contributed by atoms with Gasteiger partial charge in [-0.05, 0) is 66.9 Å². The van der Waals surface area contributed by atoms with Crippen LogP contribution in [0.15, 0.2) is 84.9 Å². The molecule has 6 nitrogen and oxygen atoms in total. The van der Waals surface area contributed by atoms with E-state index in [1.165, 1.54) is 16.8 Å². The van der Waals surface area contributed by atoms with Gasteiger partial charge in [0.15, 0.2) is 0 Å². The fourth-order valence-corrected chi connectivity index (χ4v) is 4.58. The average molecular weight is 511 g/mol. The van der Waals surface area contributed by atoms with E-state index in [4.69, 9.17) is 21.4 Å². The third kappa shape index (κ3) is 4.71. The normalized spacial score (nSPS) is 11.0. The van der Waals surface area contributed by atoms with E-state index in [0.29, 0.717) is 38.5 Å². The molecule has 0 radical (unpaired) electrons. The minimum absolute atomic E-state index is 0.0835. The Hall–Kier alpha value is -4.42. The minimum atomic E-state index is -1.07. The lowest BCUT2D eigenvalue weighted by molar-refractivity contribution is 0.0696. The van der Waals surface area contributed by atoms with Crippen LogP contribution in [0.5, 0.6) is 5.75 Å². The van der Waals surface area contributed by atoms with Gasteiger partial charge in [0.25, 0.3) is 5.91 Å². The zero-order valence-corrected chi connectivity index (χ0v) is 21.0. The number of hydrogen-bond donors (Lipinski definition) is 1. The van der Waals surface area contributed by atoms with E-state index in [1.54, 1.807) is 24.3 Å². The fraction of sp³-hybridized carbons (Fsp3) is 0.100. The molecule has 7 heteroatoms. The summed E-state index contributed by atoms with van der Waals surface area (Å²) in [5, 5.41) is 15.5. The van der Waals surface area contributed by atoms with Crippen LogP contribution in [0.4, 0.5) is 0 Å². The standard InChI is InChI=1S/C30H23ClN2O4/c1-18-7-6-8-19(2)27(18)29(34)33-25-14-12-22(31)16-24(25)28(32-33)23-13-11-21(30(35)36)15-26(23)37-17-20-9-4-3-5-10-20/h3-16H,17H2,1-2H3,(H,35,36). The molecule has 0 atom stereocenters. The summed E-state index contributed by atoms with van der Waals surface area (Å²) in [6, 6.07) is 25.1. The van der Waals surface area contributed by atoms with Crippen LogP contribution in [-0.4, -0.2) is 26.8 Å². The highest BCUT2D eigenvalue weighted by Crippen LogP contribution is 2.37. The smallest absolute Gasteiger partial charge is 0.335 e. The molecule has 0 amide bonds. The molecule has 37 heavy (non-hydrogen) atoms. The van der Waals surface area contributed by atoms with Crippen molar-refractivity contribution < 1.29 is 19.4 Å². The van der Waals surface area contributed by atoms with Gasteiger partial charge in [0, 0.05) is 21.5 Å². The van der Waals surface area contributed by atoms with Gasteiger partial charge in [0.1, 0.15) is 18.1 Å². The van der Waals surface area contributed by atoms with Crippen molar-refractivity contribution in [1.29, 1.82) is 0 Å². The first kappa shape index (κ1) is 24.3. The molecule has 0 fully saturated rings. The van der Waals surface area contributed by atoms with E-state index >= 15 is 0 Å². The predicted molar refractivity (Wildman–Crippen MR) is 144 cm³/mol. The Morgan fingerprint density at radius 2 is 1.65 bits per heavy atom. The number of ether oxygens (including phenoxy) is 1. The lowest BCUT2D eigenvalue weighted by Crippen LogP contribution is -2.16. The maximum Gasteiger partial charge on any atom is 0.335 e. The Balaban J connectivity index is 1.68. The van der Waals surface area contributed by atoms with E-state index in [0.717, 1.165) is 16.7 Å². The highest BCUT2D eigenvalue weighted by molar-refractivity contribution is 6.31. The molecule has 1 N–H and O–H groups in total. The van der Waals surface area contributed by atoms with Crippen LogP contribution in [0.2, 0.25) is 5.02 Å². The number of halogens is 1. The molecular formula is C30H23ClN2O4. The first-order valence-corrected chi connectivity index (χ1v) is 12.0. The topological polar surface area (TPSA) is 81.4 Å². The van der Waals surface area contributed by atoms with Crippen molar-refractivity contribution in [1.82, 2.24) is 9.78 Å². The summed E-state index contributed by atoms with van der Waals surface area (Å²) < 4.78 is 7.49. The Morgan fingerprint density at radius 1 is 0.919 bits per heavy atom. The maximum absolute atomic E-state index is 13.7. The summed E-state index contributed by atoms with van der Waals surface area (Å²) >= 11 is 6.35.